The van der Waals surface area contributed by atoms with Crippen molar-refractivity contribution in [2.45, 2.75) is 34.6 Å². The van der Waals surface area contributed by atoms with Crippen molar-refractivity contribution in [3.05, 3.63) is 422 Å². The standard InChI is InChI=1S/C31H24.C25H20.C19H16.C13H12.C7H8/c1-23-7-9-25(10-8-23)27-15-17-29(18-16-27)31-21-19-30(20-22-31)28-13-11-26(12-14-28)24-5-3-2-4-6-24;1-19-7-9-21(10-8-19)23-15-17-25(18-16-23)24-13-11-22(12-14-24)20-5-3-2-4-6-20;1-15-7-9-17(10-8-15)19-13-11-18(12-14-19)16-5-3-2-4-6-16;1-11-7-9-13(10-8-11)12-5-3-2-4-6-12;1-7-5-3-2-4-6-7/h2-22H,1H3;2-18H,1H3;2-14H,1H3;2-10H,1H3;2-6H,1H3. The highest BCUT2D eigenvalue weighted by molar-refractivity contribution is 5.77. The number of hydrogen-bond acceptors (Lipinski definition) is 0. The van der Waals surface area contributed by atoms with Crippen LogP contribution in [0, 0.1) is 34.6 Å². The molecule has 95 heavy (non-hydrogen) atoms. The van der Waals surface area contributed by atoms with Crippen molar-refractivity contribution in [2.24, 2.45) is 0 Å². The van der Waals surface area contributed by atoms with Crippen LogP contribution in [0.15, 0.2) is 394 Å². The fourth-order valence-corrected chi connectivity index (χ4v) is 11.2. The molecule has 0 amide bonds. The first kappa shape index (κ1) is 64.8. The summed E-state index contributed by atoms with van der Waals surface area (Å²) in [7, 11) is 0. The van der Waals surface area contributed by atoms with Crippen LogP contribution < -0.4 is 0 Å². The molecule has 0 saturated heterocycles. The summed E-state index contributed by atoms with van der Waals surface area (Å²) < 4.78 is 0. The highest BCUT2D eigenvalue weighted by Gasteiger charge is 2.07. The molecule has 0 aliphatic carbocycles. The van der Waals surface area contributed by atoms with E-state index in [0.717, 1.165) is 0 Å². The third-order valence-corrected chi connectivity index (χ3v) is 16.9. The van der Waals surface area contributed by atoms with Gasteiger partial charge in [0.05, 0.1) is 0 Å². The lowest BCUT2D eigenvalue weighted by Gasteiger charge is -2.08. The second-order valence-electron chi connectivity index (χ2n) is 24.0. The Morgan fingerprint density at radius 1 is 0.0842 bits per heavy atom. The van der Waals surface area contributed by atoms with Crippen LogP contribution in [-0.2, 0) is 0 Å². The van der Waals surface area contributed by atoms with Gasteiger partial charge >= 0.3 is 0 Å². The zero-order chi connectivity index (χ0) is 65.4. The van der Waals surface area contributed by atoms with E-state index in [9.17, 15) is 0 Å². The maximum atomic E-state index is 2.21. The molecular formula is C95H80. The first-order chi connectivity index (χ1) is 46.6. The molecule has 0 heteroatoms. The van der Waals surface area contributed by atoms with Crippen LogP contribution in [0.3, 0.4) is 0 Å². The number of rotatable bonds is 10. The van der Waals surface area contributed by atoms with E-state index in [4.69, 9.17) is 0 Å². The Morgan fingerprint density at radius 3 is 0.274 bits per heavy atom. The molecule has 0 spiro atoms. The van der Waals surface area contributed by atoms with E-state index in [1.54, 1.807) is 0 Å². The molecular weight excluding hydrogens is 1140 g/mol. The molecule has 460 valence electrons. The molecule has 15 rings (SSSR count). The second kappa shape index (κ2) is 33.0. The van der Waals surface area contributed by atoms with Crippen molar-refractivity contribution in [1.29, 1.82) is 0 Å². The topological polar surface area (TPSA) is 0 Å². The molecule has 0 aliphatic rings. The van der Waals surface area contributed by atoms with Crippen LogP contribution >= 0.6 is 0 Å². The molecule has 0 aliphatic heterocycles. The fraction of sp³-hybridized carbons (Fsp3) is 0.0526. The third kappa shape index (κ3) is 18.7. The Morgan fingerprint density at radius 2 is 0.168 bits per heavy atom. The van der Waals surface area contributed by atoms with Crippen LogP contribution in [0.4, 0.5) is 0 Å². The van der Waals surface area contributed by atoms with Crippen LogP contribution in [0.2, 0.25) is 0 Å². The Hall–Kier alpha value is -11.7. The van der Waals surface area contributed by atoms with Gasteiger partial charge in [0.1, 0.15) is 0 Å². The van der Waals surface area contributed by atoms with E-state index < -0.39 is 0 Å². The Bertz CT molecular complexity index is 4680. The Labute approximate surface area is 564 Å². The molecule has 0 saturated carbocycles. The Balaban J connectivity index is 0.000000129. The predicted molar refractivity (Wildman–Crippen MR) is 410 cm³/mol. The molecule has 0 unspecified atom stereocenters. The first-order valence-electron chi connectivity index (χ1n) is 32.8. The molecule has 0 aromatic heterocycles. The van der Waals surface area contributed by atoms with Gasteiger partial charge in [-0.25, -0.2) is 0 Å². The molecule has 0 bridgehead atoms. The minimum absolute atomic E-state index is 1.24. The van der Waals surface area contributed by atoms with Gasteiger partial charge in [0.15, 0.2) is 0 Å². The maximum absolute atomic E-state index is 2.21. The molecule has 0 fully saturated rings. The summed E-state index contributed by atoms with van der Waals surface area (Å²) in [5, 5.41) is 0. The van der Waals surface area contributed by atoms with Crippen LogP contribution in [0.25, 0.3) is 111 Å². The summed E-state index contributed by atoms with van der Waals surface area (Å²) in [5.41, 5.74) is 31.6. The van der Waals surface area contributed by atoms with Crippen LogP contribution in [-0.4, -0.2) is 0 Å². The van der Waals surface area contributed by atoms with Gasteiger partial charge in [-0.2, -0.15) is 0 Å². The zero-order valence-electron chi connectivity index (χ0n) is 55.0. The molecule has 0 heterocycles. The summed E-state index contributed by atoms with van der Waals surface area (Å²) in [4.78, 5) is 0. The minimum atomic E-state index is 1.24. The van der Waals surface area contributed by atoms with Crippen molar-refractivity contribution < 1.29 is 0 Å². The first-order valence-corrected chi connectivity index (χ1v) is 32.8. The average Bonchev–Trinajstić information content (AvgIpc) is 1.21. The van der Waals surface area contributed by atoms with E-state index in [2.05, 4.69) is 393 Å². The lowest BCUT2D eigenvalue weighted by Crippen LogP contribution is -1.83. The number of aryl methyl sites for hydroxylation is 5. The quantitative estimate of drug-likeness (QED) is 0.128. The van der Waals surface area contributed by atoms with E-state index in [1.165, 1.54) is 139 Å². The van der Waals surface area contributed by atoms with Gasteiger partial charge in [0.25, 0.3) is 0 Å². The van der Waals surface area contributed by atoms with E-state index >= 15 is 0 Å². The lowest BCUT2D eigenvalue weighted by molar-refractivity contribution is 1.47. The smallest absolute Gasteiger partial charge is 0.0184 e. The Kier molecular flexibility index (Phi) is 22.5. The lowest BCUT2D eigenvalue weighted by atomic mass is 9.97. The monoisotopic (exact) mass is 1220 g/mol. The van der Waals surface area contributed by atoms with Crippen molar-refractivity contribution in [1.82, 2.24) is 0 Å². The maximum Gasteiger partial charge on any atom is -0.0184 e. The van der Waals surface area contributed by atoms with Crippen molar-refractivity contribution in [3.8, 4) is 111 Å². The minimum Gasteiger partial charge on any atom is -0.0622 e. The van der Waals surface area contributed by atoms with Gasteiger partial charge < -0.3 is 0 Å². The predicted octanol–water partition coefficient (Wildman–Crippen LogP) is 26.6. The molecule has 0 N–H and O–H groups in total. The van der Waals surface area contributed by atoms with Crippen LogP contribution in [0.1, 0.15) is 27.8 Å². The number of benzene rings is 15. The van der Waals surface area contributed by atoms with Crippen LogP contribution in [0.5, 0.6) is 0 Å². The summed E-state index contributed by atoms with van der Waals surface area (Å²) >= 11 is 0. The van der Waals surface area contributed by atoms with Crippen molar-refractivity contribution in [3.63, 3.8) is 0 Å². The van der Waals surface area contributed by atoms with E-state index in [0.29, 0.717) is 0 Å². The van der Waals surface area contributed by atoms with Gasteiger partial charge in [0, 0.05) is 0 Å². The molecule has 0 nitrogen and oxygen atoms in total. The summed E-state index contributed by atoms with van der Waals surface area (Å²) in [6.07, 6.45) is 0. The van der Waals surface area contributed by atoms with Gasteiger partial charge in [-0.15, -0.1) is 0 Å². The largest absolute Gasteiger partial charge is 0.0622 e. The second-order valence-corrected chi connectivity index (χ2v) is 24.0. The summed E-state index contributed by atoms with van der Waals surface area (Å²) in [6, 6.07) is 140. The zero-order valence-corrected chi connectivity index (χ0v) is 55.0. The van der Waals surface area contributed by atoms with Gasteiger partial charge in [-0.05, 0) is 146 Å². The van der Waals surface area contributed by atoms with Gasteiger partial charge in [0.2, 0.25) is 0 Å². The van der Waals surface area contributed by atoms with Gasteiger partial charge in [-0.3, -0.25) is 0 Å². The fourth-order valence-electron chi connectivity index (χ4n) is 11.2. The average molecular weight is 1220 g/mol. The molecule has 15 aromatic carbocycles. The van der Waals surface area contributed by atoms with E-state index in [-0.39, 0.29) is 0 Å². The van der Waals surface area contributed by atoms with E-state index in [1.807, 2.05) is 36.4 Å². The highest BCUT2D eigenvalue weighted by Crippen LogP contribution is 2.32. The van der Waals surface area contributed by atoms with Gasteiger partial charge in [-0.1, -0.05) is 422 Å². The third-order valence-electron chi connectivity index (χ3n) is 16.9. The normalized spacial score (nSPS) is 10.4. The summed E-state index contributed by atoms with van der Waals surface area (Å²) in [5.74, 6) is 0. The van der Waals surface area contributed by atoms with Crippen molar-refractivity contribution >= 4 is 0 Å². The SMILES string of the molecule is Cc1ccc(-c2ccc(-c3ccc(-c4ccc(-c5ccccc5)cc4)cc3)cc2)cc1.Cc1ccc(-c2ccc(-c3ccc(-c4ccccc4)cc3)cc2)cc1.Cc1ccc(-c2ccc(-c3ccccc3)cc2)cc1.Cc1ccc(-c2ccccc2)cc1.Cc1ccccc1. The number of hydrogen-bond donors (Lipinski definition) is 0. The molecule has 15 aromatic rings. The molecule has 0 radical (unpaired) electrons. The summed E-state index contributed by atoms with van der Waals surface area (Å²) in [6.45, 7) is 10.5. The van der Waals surface area contributed by atoms with Crippen molar-refractivity contribution in [2.75, 3.05) is 0 Å². The highest BCUT2D eigenvalue weighted by atomic mass is 14.1. The molecule has 0 atom stereocenters.